The van der Waals surface area contributed by atoms with Gasteiger partial charge in [-0.25, -0.2) is 0 Å². The highest BCUT2D eigenvalue weighted by Crippen LogP contribution is 2.52. The van der Waals surface area contributed by atoms with E-state index in [1.807, 2.05) is 0 Å². The van der Waals surface area contributed by atoms with Crippen LogP contribution in [-0.2, 0) is 0 Å². The zero-order valence-electron chi connectivity index (χ0n) is 22.3. The molecule has 1 heteroatoms. The minimum Gasteiger partial charge on any atom is -0.456 e. The summed E-state index contributed by atoms with van der Waals surface area (Å²) in [7, 11) is 0. The fourth-order valence-electron chi connectivity index (χ4n) is 6.64. The van der Waals surface area contributed by atoms with Crippen molar-refractivity contribution in [2.24, 2.45) is 0 Å². The van der Waals surface area contributed by atoms with E-state index in [4.69, 9.17) is 4.42 Å². The zero-order valence-corrected chi connectivity index (χ0v) is 22.3. The molecular weight excluding hydrogens is 496 g/mol. The van der Waals surface area contributed by atoms with Crippen LogP contribution in [0.3, 0.4) is 0 Å². The molecule has 0 saturated heterocycles. The van der Waals surface area contributed by atoms with Crippen molar-refractivity contribution < 1.29 is 4.42 Å². The topological polar surface area (TPSA) is 13.1 Å². The molecule has 0 bridgehead atoms. The van der Waals surface area contributed by atoms with E-state index < -0.39 is 0 Å². The number of hydrogen-bond donors (Lipinski definition) is 0. The van der Waals surface area contributed by atoms with Crippen molar-refractivity contribution in [1.29, 1.82) is 0 Å². The largest absolute Gasteiger partial charge is 0.456 e. The molecule has 41 heavy (non-hydrogen) atoms. The van der Waals surface area contributed by atoms with E-state index in [0.29, 0.717) is 0 Å². The van der Waals surface area contributed by atoms with Crippen molar-refractivity contribution in [3.63, 3.8) is 0 Å². The van der Waals surface area contributed by atoms with Crippen LogP contribution in [0.4, 0.5) is 0 Å². The van der Waals surface area contributed by atoms with Crippen molar-refractivity contribution in [2.45, 2.75) is 0 Å². The molecule has 0 fully saturated rings. The van der Waals surface area contributed by atoms with Crippen LogP contribution in [-0.4, -0.2) is 0 Å². The van der Waals surface area contributed by atoms with Crippen molar-refractivity contribution in [2.75, 3.05) is 0 Å². The van der Waals surface area contributed by atoms with Gasteiger partial charge in [0, 0.05) is 11.1 Å². The Morgan fingerprint density at radius 3 is 1.02 bits per heavy atom. The van der Waals surface area contributed by atoms with E-state index >= 15 is 0 Å². The van der Waals surface area contributed by atoms with Crippen LogP contribution in [0.25, 0.3) is 89.4 Å². The fraction of sp³-hybridized carbons (Fsp3) is 0. The van der Waals surface area contributed by atoms with Gasteiger partial charge in [-0.05, 0) is 78.9 Å². The van der Waals surface area contributed by atoms with E-state index in [1.54, 1.807) is 0 Å². The lowest BCUT2D eigenvalue weighted by Crippen LogP contribution is -2.00. The Balaban J connectivity index is 0.984. The van der Waals surface area contributed by atoms with Gasteiger partial charge >= 0.3 is 0 Å². The Morgan fingerprint density at radius 2 is 0.585 bits per heavy atom. The second kappa shape index (κ2) is 8.55. The third kappa shape index (κ3) is 3.30. The van der Waals surface area contributed by atoms with Crippen molar-refractivity contribution >= 4 is 0 Å². The van der Waals surface area contributed by atoms with Crippen molar-refractivity contribution in [3.8, 4) is 89.4 Å². The molecule has 9 rings (SSSR count). The molecule has 0 spiro atoms. The molecule has 0 aliphatic heterocycles. The predicted molar refractivity (Wildman–Crippen MR) is 169 cm³/mol. The van der Waals surface area contributed by atoms with E-state index in [2.05, 4.69) is 146 Å². The van der Waals surface area contributed by atoms with Crippen LogP contribution in [0.2, 0.25) is 0 Å². The summed E-state index contributed by atoms with van der Waals surface area (Å²) in [6.07, 6.45) is 0. The van der Waals surface area contributed by atoms with Crippen LogP contribution in [0.15, 0.2) is 150 Å². The predicted octanol–water partition coefficient (Wildman–Crippen LogP) is 11.2. The van der Waals surface area contributed by atoms with Crippen LogP contribution in [0.5, 0.6) is 0 Å². The summed E-state index contributed by atoms with van der Waals surface area (Å²) in [4.78, 5) is 0. The smallest absolute Gasteiger partial charge is 0.134 e. The summed E-state index contributed by atoms with van der Waals surface area (Å²) in [6, 6.07) is 52.1. The first kappa shape index (κ1) is 22.4. The van der Waals surface area contributed by atoms with Gasteiger partial charge in [-0.3, -0.25) is 0 Å². The number of fused-ring (bicyclic) bond motifs is 8. The first-order valence-electron chi connectivity index (χ1n) is 14.1. The van der Waals surface area contributed by atoms with Crippen LogP contribution in [0.1, 0.15) is 0 Å². The molecule has 0 radical (unpaired) electrons. The van der Waals surface area contributed by atoms with Gasteiger partial charge in [0.2, 0.25) is 0 Å². The van der Waals surface area contributed by atoms with Gasteiger partial charge in [-0.2, -0.15) is 0 Å². The van der Waals surface area contributed by atoms with E-state index in [-0.39, 0.29) is 0 Å². The summed E-state index contributed by atoms with van der Waals surface area (Å²) in [6.45, 7) is 0. The number of benzene rings is 6. The van der Waals surface area contributed by atoms with E-state index in [1.165, 1.54) is 66.8 Å². The molecule has 0 N–H and O–H groups in total. The summed E-state index contributed by atoms with van der Waals surface area (Å²) < 4.78 is 6.35. The lowest BCUT2D eigenvalue weighted by atomic mass is 9.76. The second-order valence-electron chi connectivity index (χ2n) is 10.9. The molecule has 0 unspecified atom stereocenters. The molecule has 1 nitrogen and oxygen atoms in total. The minimum absolute atomic E-state index is 0.878. The van der Waals surface area contributed by atoms with Gasteiger partial charge in [-0.15, -0.1) is 0 Å². The Hall–Kier alpha value is -5.40. The van der Waals surface area contributed by atoms with E-state index in [9.17, 15) is 0 Å². The Bertz CT molecular complexity index is 1970. The molecular formula is C40H24O. The average Bonchev–Trinajstić information content (AvgIpc) is 3.52. The van der Waals surface area contributed by atoms with E-state index in [0.717, 1.165) is 22.6 Å². The summed E-state index contributed by atoms with van der Waals surface area (Å²) in [5, 5.41) is 0. The number of furan rings is 1. The van der Waals surface area contributed by atoms with Crippen molar-refractivity contribution in [1.82, 2.24) is 0 Å². The molecule has 2 aliphatic rings. The van der Waals surface area contributed by atoms with Gasteiger partial charge in [0.15, 0.2) is 0 Å². The maximum absolute atomic E-state index is 6.35. The monoisotopic (exact) mass is 520 g/mol. The highest BCUT2D eigenvalue weighted by molar-refractivity contribution is 6.09. The Kier molecular flexibility index (Phi) is 4.67. The second-order valence-corrected chi connectivity index (χ2v) is 10.9. The normalized spacial score (nSPS) is 11.9. The maximum Gasteiger partial charge on any atom is 0.134 e. The summed E-state index contributed by atoms with van der Waals surface area (Å²) >= 11 is 0. The van der Waals surface area contributed by atoms with Gasteiger partial charge in [0.1, 0.15) is 11.5 Å². The minimum atomic E-state index is 0.878. The van der Waals surface area contributed by atoms with Crippen molar-refractivity contribution in [3.05, 3.63) is 146 Å². The lowest BCUT2D eigenvalue weighted by molar-refractivity contribution is 0.597. The summed E-state index contributed by atoms with van der Waals surface area (Å²) in [5.41, 5.74) is 17.9. The molecule has 0 atom stereocenters. The van der Waals surface area contributed by atoms with Gasteiger partial charge in [-0.1, -0.05) is 133 Å². The quantitative estimate of drug-likeness (QED) is 0.225. The molecule has 190 valence electrons. The first-order chi connectivity index (χ1) is 20.3. The third-order valence-corrected chi connectivity index (χ3v) is 8.67. The average molecular weight is 521 g/mol. The van der Waals surface area contributed by atoms with Gasteiger partial charge < -0.3 is 4.42 Å². The molecule has 6 aromatic carbocycles. The molecule has 0 amide bonds. The highest BCUT2D eigenvalue weighted by atomic mass is 16.3. The molecule has 1 heterocycles. The van der Waals surface area contributed by atoms with Crippen LogP contribution < -0.4 is 0 Å². The standard InChI is InChI=1S/C40H24O/c1-3-9-33-31(7-1)35-13-5-11-29(39(33)35)25-15-19-27(20-16-25)37-23-24-38(41-37)28-21-17-26(18-22-28)30-12-6-14-36-32-8-2-4-10-34(32)40(30)36/h1-24H. The number of hydrogen-bond acceptors (Lipinski definition) is 1. The lowest BCUT2D eigenvalue weighted by Gasteiger charge is -2.26. The first-order valence-corrected chi connectivity index (χ1v) is 14.1. The Labute approximate surface area is 239 Å². The van der Waals surface area contributed by atoms with Gasteiger partial charge in [0.05, 0.1) is 0 Å². The summed E-state index contributed by atoms with van der Waals surface area (Å²) in [5.74, 6) is 1.76. The molecule has 0 saturated carbocycles. The Morgan fingerprint density at radius 1 is 0.244 bits per heavy atom. The van der Waals surface area contributed by atoms with Crippen LogP contribution >= 0.6 is 0 Å². The fourth-order valence-corrected chi connectivity index (χ4v) is 6.64. The molecule has 2 aliphatic carbocycles. The molecule has 7 aromatic rings. The maximum atomic E-state index is 6.35. The van der Waals surface area contributed by atoms with Gasteiger partial charge in [0.25, 0.3) is 0 Å². The number of rotatable bonds is 4. The third-order valence-electron chi connectivity index (χ3n) is 8.67. The SMILES string of the molecule is c1ccc2c(c1)-c1cccc(-c3ccc(-c4ccc(-c5ccc(-c6cccc7c6-c6ccccc6-7)cc5)o4)cc3)c1-2. The molecule has 1 aromatic heterocycles. The zero-order chi connectivity index (χ0) is 26.9. The van der Waals surface area contributed by atoms with Crippen LogP contribution in [0, 0.1) is 0 Å². The highest BCUT2D eigenvalue weighted by Gasteiger charge is 2.26.